The standard InChI is InChI=1S/C27H35FN6O3S/c1-16(2)20-13-31-25(17-5-6-18(11-17)38(4,36)37)21-14-30-24(12-19(20)21)32-23-7-9-29-26(33-23)34-10-8-22(35)27(3,28)15-34/h7,9,12-14,16-18,22,35H,5-6,8,10-11,15H2,1-4H3,(H,29,30,32,33)/t17?,18-,22-,27+/m1/s1. The molecular weight excluding hydrogens is 507 g/mol. The molecule has 4 atom stereocenters. The largest absolute Gasteiger partial charge is 0.390 e. The summed E-state index contributed by atoms with van der Waals surface area (Å²) in [5.41, 5.74) is 0.259. The molecule has 204 valence electrons. The average Bonchev–Trinajstić information content (AvgIpc) is 3.36. The highest BCUT2D eigenvalue weighted by atomic mass is 32.2. The molecule has 0 spiro atoms. The molecular formula is C27H35FN6O3S. The van der Waals surface area contributed by atoms with Gasteiger partial charge in [-0.2, -0.15) is 4.98 Å². The minimum atomic E-state index is -3.08. The molecule has 9 nitrogen and oxygen atoms in total. The lowest BCUT2D eigenvalue weighted by molar-refractivity contribution is -0.00860. The number of anilines is 3. The van der Waals surface area contributed by atoms with Crippen LogP contribution in [0.2, 0.25) is 0 Å². The van der Waals surface area contributed by atoms with Crippen molar-refractivity contribution in [2.24, 2.45) is 0 Å². The van der Waals surface area contributed by atoms with Gasteiger partial charge in [-0.3, -0.25) is 4.98 Å². The minimum absolute atomic E-state index is 0.0146. The summed E-state index contributed by atoms with van der Waals surface area (Å²) in [6, 6.07) is 3.71. The number of hydrogen-bond donors (Lipinski definition) is 2. The molecule has 1 aliphatic heterocycles. The number of aromatic nitrogens is 4. The molecule has 3 aromatic heterocycles. The summed E-state index contributed by atoms with van der Waals surface area (Å²) in [4.78, 5) is 20.1. The zero-order valence-electron chi connectivity index (χ0n) is 22.2. The molecule has 5 rings (SSSR count). The molecule has 4 heterocycles. The Kier molecular flexibility index (Phi) is 7.02. The van der Waals surface area contributed by atoms with E-state index in [1.165, 1.54) is 13.2 Å². The van der Waals surface area contributed by atoms with Gasteiger partial charge in [0.05, 0.1) is 23.6 Å². The van der Waals surface area contributed by atoms with Crippen LogP contribution in [-0.2, 0) is 9.84 Å². The van der Waals surface area contributed by atoms with Gasteiger partial charge in [0, 0.05) is 42.7 Å². The van der Waals surface area contributed by atoms with Crippen molar-refractivity contribution in [3.8, 4) is 0 Å². The van der Waals surface area contributed by atoms with Gasteiger partial charge < -0.3 is 15.3 Å². The van der Waals surface area contributed by atoms with E-state index in [4.69, 9.17) is 4.98 Å². The van der Waals surface area contributed by atoms with Crippen LogP contribution in [0.5, 0.6) is 0 Å². The number of pyridine rings is 2. The van der Waals surface area contributed by atoms with E-state index in [-0.39, 0.29) is 23.6 Å². The first-order chi connectivity index (χ1) is 17.9. The maximum absolute atomic E-state index is 14.7. The van der Waals surface area contributed by atoms with Crippen LogP contribution < -0.4 is 10.2 Å². The number of nitrogens with zero attached hydrogens (tertiary/aromatic N) is 5. The number of aliphatic hydroxyl groups is 1. The second-order valence-corrected chi connectivity index (χ2v) is 13.5. The van der Waals surface area contributed by atoms with Crippen molar-refractivity contribution in [2.45, 2.75) is 75.3 Å². The number of hydrogen-bond acceptors (Lipinski definition) is 9. The molecule has 2 fully saturated rings. The number of piperidine rings is 1. The fourth-order valence-electron chi connectivity index (χ4n) is 5.62. The molecule has 11 heteroatoms. The van der Waals surface area contributed by atoms with E-state index in [1.807, 2.05) is 18.5 Å². The summed E-state index contributed by atoms with van der Waals surface area (Å²) in [6.07, 6.45) is 7.97. The minimum Gasteiger partial charge on any atom is -0.390 e. The van der Waals surface area contributed by atoms with Crippen LogP contribution in [0.3, 0.4) is 0 Å². The number of alkyl halides is 1. The van der Waals surface area contributed by atoms with Gasteiger partial charge in [-0.1, -0.05) is 13.8 Å². The van der Waals surface area contributed by atoms with Crippen molar-refractivity contribution < 1.29 is 17.9 Å². The van der Waals surface area contributed by atoms with Gasteiger partial charge >= 0.3 is 0 Å². The van der Waals surface area contributed by atoms with Crippen molar-refractivity contribution in [3.05, 3.63) is 42.0 Å². The molecule has 0 radical (unpaired) electrons. The smallest absolute Gasteiger partial charge is 0.227 e. The predicted octanol–water partition coefficient (Wildman–Crippen LogP) is 4.27. The first-order valence-corrected chi connectivity index (χ1v) is 15.1. The third-order valence-electron chi connectivity index (χ3n) is 7.88. The number of aliphatic hydroxyl groups excluding tert-OH is 1. The first kappa shape index (κ1) is 26.7. The van der Waals surface area contributed by atoms with Gasteiger partial charge in [0.15, 0.2) is 5.67 Å². The molecule has 38 heavy (non-hydrogen) atoms. The van der Waals surface area contributed by atoms with Crippen LogP contribution in [0.25, 0.3) is 10.8 Å². The molecule has 3 aromatic rings. The highest BCUT2D eigenvalue weighted by Gasteiger charge is 2.40. The normalized spacial score (nSPS) is 26.3. The molecule has 1 saturated heterocycles. The number of halogens is 1. The van der Waals surface area contributed by atoms with Gasteiger partial charge in [0.2, 0.25) is 5.95 Å². The third-order valence-corrected chi connectivity index (χ3v) is 9.52. The molecule has 0 aromatic carbocycles. The molecule has 2 N–H and O–H groups in total. The summed E-state index contributed by atoms with van der Waals surface area (Å²) >= 11 is 0. The Morgan fingerprint density at radius 2 is 1.92 bits per heavy atom. The summed E-state index contributed by atoms with van der Waals surface area (Å²) in [5, 5.41) is 14.8. The SMILES string of the molecule is CC(C)c1cnc(C2CC[C@@H](S(C)(=O)=O)C2)c2cnc(Nc3ccnc(N4CC[C@@H](O)[C@@](C)(F)C4)n3)cc12. The van der Waals surface area contributed by atoms with Crippen LogP contribution >= 0.6 is 0 Å². The van der Waals surface area contributed by atoms with Crippen molar-refractivity contribution >= 4 is 38.2 Å². The number of fused-ring (bicyclic) bond motifs is 1. The van der Waals surface area contributed by atoms with Crippen molar-refractivity contribution in [2.75, 3.05) is 29.6 Å². The summed E-state index contributed by atoms with van der Waals surface area (Å²) < 4.78 is 39.0. The zero-order valence-corrected chi connectivity index (χ0v) is 23.0. The molecule has 1 saturated carbocycles. The number of sulfone groups is 1. The van der Waals surface area contributed by atoms with E-state index in [9.17, 15) is 17.9 Å². The van der Waals surface area contributed by atoms with Gasteiger partial charge in [-0.15, -0.1) is 0 Å². The maximum atomic E-state index is 14.7. The van der Waals surface area contributed by atoms with Crippen LogP contribution in [0.4, 0.5) is 22.0 Å². The molecule has 1 aliphatic carbocycles. The predicted molar refractivity (Wildman–Crippen MR) is 147 cm³/mol. The summed E-state index contributed by atoms with van der Waals surface area (Å²) in [6.45, 7) is 6.11. The average molecular weight is 543 g/mol. The number of rotatable bonds is 6. The molecule has 1 unspecified atom stereocenters. The van der Waals surface area contributed by atoms with Gasteiger partial charge in [-0.25, -0.2) is 22.8 Å². The van der Waals surface area contributed by atoms with Crippen LogP contribution in [0, 0.1) is 0 Å². The zero-order chi connectivity index (χ0) is 27.2. The first-order valence-electron chi connectivity index (χ1n) is 13.1. The van der Waals surface area contributed by atoms with E-state index < -0.39 is 21.6 Å². The van der Waals surface area contributed by atoms with Gasteiger partial charge in [0.1, 0.15) is 21.5 Å². The van der Waals surface area contributed by atoms with Crippen LogP contribution in [0.1, 0.15) is 69.5 Å². The van der Waals surface area contributed by atoms with Crippen LogP contribution in [0.15, 0.2) is 30.7 Å². The van der Waals surface area contributed by atoms with E-state index in [0.29, 0.717) is 43.4 Å². The Hall–Kier alpha value is -2.92. The molecule has 0 bridgehead atoms. The summed E-state index contributed by atoms with van der Waals surface area (Å²) in [5.74, 6) is 1.83. The summed E-state index contributed by atoms with van der Waals surface area (Å²) in [7, 11) is -3.08. The quantitative estimate of drug-likeness (QED) is 0.470. The lowest BCUT2D eigenvalue weighted by Gasteiger charge is -2.38. The Morgan fingerprint density at radius 3 is 2.61 bits per heavy atom. The van der Waals surface area contributed by atoms with Crippen molar-refractivity contribution in [1.29, 1.82) is 0 Å². The number of nitrogens with one attached hydrogen (secondary N) is 1. The highest BCUT2D eigenvalue weighted by molar-refractivity contribution is 7.91. The topological polar surface area (TPSA) is 121 Å². The second-order valence-electron chi connectivity index (χ2n) is 11.2. The lowest BCUT2D eigenvalue weighted by atomic mass is 9.93. The monoisotopic (exact) mass is 542 g/mol. The Bertz CT molecular complexity index is 1450. The van der Waals surface area contributed by atoms with E-state index in [1.54, 1.807) is 17.2 Å². The Labute approximate surface area is 222 Å². The van der Waals surface area contributed by atoms with Crippen molar-refractivity contribution in [1.82, 2.24) is 19.9 Å². The third kappa shape index (κ3) is 5.31. The van der Waals surface area contributed by atoms with E-state index in [2.05, 4.69) is 34.1 Å². The van der Waals surface area contributed by atoms with E-state index >= 15 is 0 Å². The second kappa shape index (κ2) is 10.00. The Balaban J connectivity index is 1.44. The fourth-order valence-corrected chi connectivity index (χ4v) is 6.76. The fraction of sp³-hybridized carbons (Fsp3) is 0.556. The van der Waals surface area contributed by atoms with Gasteiger partial charge in [0.25, 0.3) is 0 Å². The molecule has 2 aliphatic rings. The van der Waals surface area contributed by atoms with E-state index in [0.717, 1.165) is 28.5 Å². The maximum Gasteiger partial charge on any atom is 0.227 e. The van der Waals surface area contributed by atoms with Crippen molar-refractivity contribution in [3.63, 3.8) is 0 Å². The highest BCUT2D eigenvalue weighted by Crippen LogP contribution is 2.41. The molecule has 0 amide bonds. The lowest BCUT2D eigenvalue weighted by Crippen LogP contribution is -2.52. The Morgan fingerprint density at radius 1 is 1.13 bits per heavy atom. The van der Waals surface area contributed by atoms with Gasteiger partial charge in [-0.05, 0) is 61.6 Å². The van der Waals surface area contributed by atoms with Crippen LogP contribution in [-0.4, -0.2) is 69.8 Å².